The quantitative estimate of drug-likeness (QED) is 0.562. The first-order valence-electron chi connectivity index (χ1n) is 8.37. The van der Waals surface area contributed by atoms with Crippen LogP contribution in [0.25, 0.3) is 0 Å². The Morgan fingerprint density at radius 2 is 1.63 bits per heavy atom. The molecule has 0 saturated heterocycles. The van der Waals surface area contributed by atoms with Gasteiger partial charge in [0.2, 0.25) is 10.0 Å². The fraction of sp³-hybridized carbons (Fsp3) is 0.471. The van der Waals surface area contributed by atoms with Crippen LogP contribution in [0.3, 0.4) is 0 Å². The lowest BCUT2D eigenvalue weighted by Crippen LogP contribution is -2.42. The fourth-order valence-corrected chi connectivity index (χ4v) is 2.70. The van der Waals surface area contributed by atoms with Crippen molar-refractivity contribution in [3.05, 3.63) is 29.8 Å². The average Bonchev–Trinajstić information content (AvgIpc) is 2.58. The summed E-state index contributed by atoms with van der Waals surface area (Å²) in [5, 5.41) is 2.52. The summed E-state index contributed by atoms with van der Waals surface area (Å²) >= 11 is 0. The van der Waals surface area contributed by atoms with E-state index in [0.717, 1.165) is 6.26 Å². The van der Waals surface area contributed by atoms with Crippen molar-refractivity contribution in [1.82, 2.24) is 5.32 Å². The van der Waals surface area contributed by atoms with Gasteiger partial charge in [-0.3, -0.25) is 14.3 Å². The Kier molecular flexibility index (Phi) is 8.73. The van der Waals surface area contributed by atoms with Crippen LogP contribution in [0.4, 0.5) is 5.69 Å². The first kappa shape index (κ1) is 22.4. The van der Waals surface area contributed by atoms with Crippen molar-refractivity contribution in [2.75, 3.05) is 24.2 Å². The molecule has 1 atom stereocenters. The van der Waals surface area contributed by atoms with Crippen LogP contribution in [0.15, 0.2) is 24.3 Å². The number of nitrogens with one attached hydrogen (secondary N) is 2. The molecule has 0 heterocycles. The van der Waals surface area contributed by atoms with Gasteiger partial charge in [-0.25, -0.2) is 13.2 Å². The number of ether oxygens (including phenoxy) is 2. The Morgan fingerprint density at radius 1 is 1.04 bits per heavy atom. The summed E-state index contributed by atoms with van der Waals surface area (Å²) in [4.78, 5) is 35.9. The maximum Gasteiger partial charge on any atom is 0.328 e. The molecule has 0 saturated carbocycles. The molecule has 9 nitrogen and oxygen atoms in total. The molecule has 1 amide bonds. The van der Waals surface area contributed by atoms with Gasteiger partial charge in [-0.2, -0.15) is 0 Å². The topological polar surface area (TPSA) is 128 Å². The normalized spacial score (nSPS) is 12.0. The summed E-state index contributed by atoms with van der Waals surface area (Å²) in [5.74, 6) is -1.68. The van der Waals surface area contributed by atoms with Gasteiger partial charge in [-0.05, 0) is 44.5 Å². The van der Waals surface area contributed by atoms with Crippen LogP contribution in [-0.4, -0.2) is 51.8 Å². The molecule has 1 rings (SSSR count). The van der Waals surface area contributed by atoms with Gasteiger partial charge in [0.25, 0.3) is 5.91 Å². The van der Waals surface area contributed by atoms with Crippen LogP contribution in [-0.2, 0) is 29.1 Å². The molecular formula is C17H24N2O7S. The molecule has 1 unspecified atom stereocenters. The Labute approximate surface area is 158 Å². The van der Waals surface area contributed by atoms with Crippen LogP contribution in [0, 0.1) is 0 Å². The van der Waals surface area contributed by atoms with Gasteiger partial charge in [-0.15, -0.1) is 0 Å². The van der Waals surface area contributed by atoms with E-state index in [1.54, 1.807) is 13.8 Å². The van der Waals surface area contributed by atoms with Gasteiger partial charge in [0.1, 0.15) is 6.04 Å². The number of sulfonamides is 1. The van der Waals surface area contributed by atoms with E-state index in [1.165, 1.54) is 24.3 Å². The number of anilines is 1. The van der Waals surface area contributed by atoms with Crippen LogP contribution in [0.2, 0.25) is 0 Å². The van der Waals surface area contributed by atoms with Crippen molar-refractivity contribution >= 4 is 33.6 Å². The number of hydrogen-bond donors (Lipinski definition) is 2. The van der Waals surface area contributed by atoms with Crippen LogP contribution in [0.5, 0.6) is 0 Å². The molecule has 1 aromatic rings. The first-order valence-corrected chi connectivity index (χ1v) is 10.3. The molecule has 0 aliphatic rings. The molecule has 0 aliphatic heterocycles. The van der Waals surface area contributed by atoms with Gasteiger partial charge in [-0.1, -0.05) is 0 Å². The second-order valence-corrected chi connectivity index (χ2v) is 7.32. The molecule has 0 fully saturated rings. The third-order valence-corrected chi connectivity index (χ3v) is 3.88. The third-order valence-electron chi connectivity index (χ3n) is 3.27. The standard InChI is InChI=1S/C17H24N2O7S/c1-4-25-15(20)11-10-14(17(22)26-5-2)18-16(21)12-6-8-13(9-7-12)19-27(3,23)24/h6-9,14,19H,4-5,10-11H2,1-3H3,(H,18,21). The molecule has 0 aliphatic carbocycles. The van der Waals surface area contributed by atoms with E-state index in [2.05, 4.69) is 10.0 Å². The highest BCUT2D eigenvalue weighted by atomic mass is 32.2. The van der Waals surface area contributed by atoms with Crippen LogP contribution < -0.4 is 10.0 Å². The summed E-state index contributed by atoms with van der Waals surface area (Å²) < 4.78 is 34.4. The highest BCUT2D eigenvalue weighted by Gasteiger charge is 2.24. The van der Waals surface area contributed by atoms with Gasteiger partial charge in [0.05, 0.1) is 19.5 Å². The lowest BCUT2D eigenvalue weighted by Gasteiger charge is -2.17. The van der Waals surface area contributed by atoms with Gasteiger partial charge in [0, 0.05) is 17.7 Å². The van der Waals surface area contributed by atoms with E-state index in [1.807, 2.05) is 0 Å². The number of amides is 1. The lowest BCUT2D eigenvalue weighted by molar-refractivity contribution is -0.146. The molecule has 27 heavy (non-hydrogen) atoms. The number of carbonyl (C=O) groups is 3. The monoisotopic (exact) mass is 400 g/mol. The Bertz CT molecular complexity index is 760. The molecular weight excluding hydrogens is 376 g/mol. The Balaban J connectivity index is 2.79. The SMILES string of the molecule is CCOC(=O)CCC(NC(=O)c1ccc(NS(C)(=O)=O)cc1)C(=O)OCC. The largest absolute Gasteiger partial charge is 0.466 e. The molecule has 0 aromatic heterocycles. The number of carbonyl (C=O) groups excluding carboxylic acids is 3. The number of hydrogen-bond acceptors (Lipinski definition) is 7. The maximum absolute atomic E-state index is 12.4. The fourth-order valence-electron chi connectivity index (χ4n) is 2.13. The zero-order valence-corrected chi connectivity index (χ0v) is 16.3. The molecule has 2 N–H and O–H groups in total. The van der Waals surface area contributed by atoms with E-state index < -0.39 is 33.9 Å². The van der Waals surface area contributed by atoms with Crippen molar-refractivity contribution < 1.29 is 32.3 Å². The summed E-state index contributed by atoms with van der Waals surface area (Å²) in [6, 6.07) is 4.67. The van der Waals surface area contributed by atoms with E-state index in [9.17, 15) is 22.8 Å². The minimum atomic E-state index is -3.42. The summed E-state index contributed by atoms with van der Waals surface area (Å²) in [7, 11) is -3.42. The highest BCUT2D eigenvalue weighted by Crippen LogP contribution is 2.12. The average molecular weight is 400 g/mol. The van der Waals surface area contributed by atoms with E-state index in [0.29, 0.717) is 5.69 Å². The minimum absolute atomic E-state index is 0.0388. The van der Waals surface area contributed by atoms with Gasteiger partial charge in [0.15, 0.2) is 0 Å². The number of rotatable bonds is 10. The zero-order chi connectivity index (χ0) is 20.4. The lowest BCUT2D eigenvalue weighted by atomic mass is 10.1. The molecule has 0 spiro atoms. The second kappa shape index (κ2) is 10.5. The molecule has 0 bridgehead atoms. The Hall–Kier alpha value is -2.62. The van der Waals surface area contributed by atoms with Crippen molar-refractivity contribution in [2.45, 2.75) is 32.7 Å². The predicted octanol–water partition coefficient (Wildman–Crippen LogP) is 1.06. The van der Waals surface area contributed by atoms with Crippen LogP contribution in [0.1, 0.15) is 37.0 Å². The smallest absolute Gasteiger partial charge is 0.328 e. The second-order valence-electron chi connectivity index (χ2n) is 5.57. The van der Waals surface area contributed by atoms with E-state index in [-0.39, 0.29) is 31.6 Å². The van der Waals surface area contributed by atoms with Crippen molar-refractivity contribution in [3.63, 3.8) is 0 Å². The third kappa shape index (κ3) is 8.54. The van der Waals surface area contributed by atoms with Crippen LogP contribution >= 0.6 is 0 Å². The number of esters is 2. The summed E-state index contributed by atoms with van der Waals surface area (Å²) in [6.45, 7) is 3.67. The minimum Gasteiger partial charge on any atom is -0.466 e. The summed E-state index contributed by atoms with van der Waals surface area (Å²) in [6.07, 6.45) is 1.01. The molecule has 1 aromatic carbocycles. The molecule has 150 valence electrons. The zero-order valence-electron chi connectivity index (χ0n) is 15.5. The van der Waals surface area contributed by atoms with E-state index >= 15 is 0 Å². The van der Waals surface area contributed by atoms with Gasteiger partial charge < -0.3 is 14.8 Å². The van der Waals surface area contributed by atoms with Gasteiger partial charge >= 0.3 is 11.9 Å². The van der Waals surface area contributed by atoms with Crippen molar-refractivity contribution in [2.24, 2.45) is 0 Å². The molecule has 0 radical (unpaired) electrons. The predicted molar refractivity (Wildman–Crippen MR) is 98.7 cm³/mol. The number of benzene rings is 1. The van der Waals surface area contributed by atoms with Crippen molar-refractivity contribution in [1.29, 1.82) is 0 Å². The first-order chi connectivity index (χ1) is 12.7. The summed E-state index contributed by atoms with van der Waals surface area (Å²) in [5.41, 5.74) is 0.526. The molecule has 10 heteroatoms. The van der Waals surface area contributed by atoms with Crippen molar-refractivity contribution in [3.8, 4) is 0 Å². The van der Waals surface area contributed by atoms with E-state index in [4.69, 9.17) is 9.47 Å². The maximum atomic E-state index is 12.4. The highest BCUT2D eigenvalue weighted by molar-refractivity contribution is 7.92. The Morgan fingerprint density at radius 3 is 2.15 bits per heavy atom.